The van der Waals surface area contributed by atoms with Crippen molar-refractivity contribution in [3.63, 3.8) is 0 Å². The van der Waals surface area contributed by atoms with Crippen LogP contribution in [0.2, 0.25) is 5.02 Å². The summed E-state index contributed by atoms with van der Waals surface area (Å²) in [7, 11) is 1.39. The van der Waals surface area contributed by atoms with Gasteiger partial charge in [0.1, 0.15) is 19.0 Å². The van der Waals surface area contributed by atoms with Crippen molar-refractivity contribution in [2.24, 2.45) is 0 Å². The predicted molar refractivity (Wildman–Crippen MR) is 111 cm³/mol. The molecule has 4 rings (SSSR count). The van der Waals surface area contributed by atoms with Gasteiger partial charge >= 0.3 is 5.56 Å². The van der Waals surface area contributed by atoms with Gasteiger partial charge in [-0.15, -0.1) is 0 Å². The molecule has 9 heteroatoms. The van der Waals surface area contributed by atoms with E-state index in [1.807, 2.05) is 13.0 Å². The number of nitrogens with one attached hydrogen (secondary N) is 1. The number of methoxy groups -OCH3 is 1. The maximum absolute atomic E-state index is 13.9. The van der Waals surface area contributed by atoms with Crippen LogP contribution in [-0.4, -0.2) is 29.9 Å². The first kappa shape index (κ1) is 20.0. The quantitative estimate of drug-likeness (QED) is 0.660. The normalized spacial score (nSPS) is 12.5. The van der Waals surface area contributed by atoms with E-state index >= 15 is 0 Å². The number of aryl methyl sites for hydroxylation is 1. The zero-order valence-electron chi connectivity index (χ0n) is 16.4. The summed E-state index contributed by atoms with van der Waals surface area (Å²) in [5.41, 5.74) is 1.71. The monoisotopic (exact) mass is 431 g/mol. The van der Waals surface area contributed by atoms with Gasteiger partial charge < -0.3 is 24.1 Å². The Hall–Kier alpha value is -3.26. The van der Waals surface area contributed by atoms with E-state index in [0.29, 0.717) is 36.0 Å². The lowest BCUT2D eigenvalue weighted by Crippen LogP contribution is -2.19. The number of fused-ring (bicyclic) bond motifs is 1. The van der Waals surface area contributed by atoms with Gasteiger partial charge in [-0.25, -0.2) is 4.39 Å². The van der Waals surface area contributed by atoms with Crippen LogP contribution in [0.5, 0.6) is 17.2 Å². The number of hydrogen-bond acceptors (Lipinski definition) is 6. The summed E-state index contributed by atoms with van der Waals surface area (Å²) in [6, 6.07) is 8.18. The number of halogens is 2. The fraction of sp³-hybridized carbons (Fsp3) is 0.238. The Kier molecular flexibility index (Phi) is 5.50. The van der Waals surface area contributed by atoms with Crippen LogP contribution in [0.15, 0.2) is 41.3 Å². The fourth-order valence-corrected chi connectivity index (χ4v) is 3.23. The number of hydrogen-bond donors (Lipinski definition) is 1. The molecule has 0 fully saturated rings. The van der Waals surface area contributed by atoms with E-state index in [9.17, 15) is 9.18 Å². The molecule has 0 amide bonds. The highest BCUT2D eigenvalue weighted by Crippen LogP contribution is 2.36. The Morgan fingerprint density at radius 1 is 1.23 bits per heavy atom. The average molecular weight is 432 g/mol. The van der Waals surface area contributed by atoms with Crippen LogP contribution in [0.25, 0.3) is 0 Å². The maximum Gasteiger partial charge on any atom is 0.316 e. The highest BCUT2D eigenvalue weighted by Gasteiger charge is 2.16. The molecule has 0 bridgehead atoms. The molecule has 2 aromatic carbocycles. The molecule has 0 spiro atoms. The summed E-state index contributed by atoms with van der Waals surface area (Å²) >= 11 is 5.78. The Bertz CT molecular complexity index is 1170. The molecule has 0 aliphatic carbocycles. The second-order valence-electron chi connectivity index (χ2n) is 6.75. The summed E-state index contributed by atoms with van der Waals surface area (Å²) < 4.78 is 31.9. The molecule has 0 unspecified atom stereocenters. The predicted octanol–water partition coefficient (Wildman–Crippen LogP) is 3.92. The first-order valence-corrected chi connectivity index (χ1v) is 9.59. The van der Waals surface area contributed by atoms with Crippen molar-refractivity contribution in [3.05, 3.63) is 68.8 Å². The molecular formula is C21H19ClFN3O4. The summed E-state index contributed by atoms with van der Waals surface area (Å²) in [5.74, 6) is 1.11. The molecule has 1 aliphatic heterocycles. The molecular weight excluding hydrogens is 413 g/mol. The van der Waals surface area contributed by atoms with Crippen molar-refractivity contribution in [3.8, 4) is 17.2 Å². The van der Waals surface area contributed by atoms with Crippen LogP contribution in [-0.2, 0) is 6.54 Å². The third-order valence-electron chi connectivity index (χ3n) is 4.66. The van der Waals surface area contributed by atoms with Gasteiger partial charge in [0.05, 0.1) is 24.9 Å². The Morgan fingerprint density at radius 2 is 1.97 bits per heavy atom. The van der Waals surface area contributed by atoms with E-state index in [0.717, 1.165) is 5.56 Å². The van der Waals surface area contributed by atoms with E-state index in [4.69, 9.17) is 25.8 Å². The zero-order chi connectivity index (χ0) is 21.3. The molecule has 1 aromatic heterocycles. The van der Waals surface area contributed by atoms with Crippen molar-refractivity contribution >= 4 is 23.2 Å². The summed E-state index contributed by atoms with van der Waals surface area (Å²) in [6.45, 7) is 3.10. The van der Waals surface area contributed by atoms with Crippen molar-refractivity contribution < 1.29 is 18.6 Å². The standard InChI is InChI=1S/C21H19ClFN3O4/c1-12-7-17-18(30-6-5-29-17)9-16(12)24-21-25-20(27)19(28-2)11-26(21)10-13-3-4-14(22)15(23)8-13/h3-4,7-9,11H,5-6,10H2,1-2H3,(H,24,25,27). The average Bonchev–Trinajstić information content (AvgIpc) is 2.73. The molecule has 2 heterocycles. The van der Waals surface area contributed by atoms with Crippen LogP contribution in [0.4, 0.5) is 16.0 Å². The Labute approximate surface area is 177 Å². The molecule has 0 radical (unpaired) electrons. The van der Waals surface area contributed by atoms with E-state index in [1.165, 1.54) is 25.4 Å². The number of aromatic nitrogens is 2. The zero-order valence-corrected chi connectivity index (χ0v) is 17.1. The van der Waals surface area contributed by atoms with Crippen molar-refractivity contribution in [2.45, 2.75) is 13.5 Å². The SMILES string of the molecule is COc1cn(Cc2ccc(Cl)c(F)c2)c(Nc2cc3c(cc2C)OCCO3)nc1=O. The summed E-state index contributed by atoms with van der Waals surface area (Å²) in [5, 5.41) is 3.21. The molecule has 1 aliphatic rings. The molecule has 0 atom stereocenters. The van der Waals surface area contributed by atoms with Gasteiger partial charge in [0.2, 0.25) is 11.7 Å². The van der Waals surface area contributed by atoms with Crippen LogP contribution >= 0.6 is 11.6 Å². The van der Waals surface area contributed by atoms with Gasteiger partial charge in [-0.3, -0.25) is 4.79 Å². The number of benzene rings is 2. The van der Waals surface area contributed by atoms with Gasteiger partial charge in [-0.1, -0.05) is 17.7 Å². The van der Waals surface area contributed by atoms with Crippen molar-refractivity contribution in [2.75, 3.05) is 25.6 Å². The number of ether oxygens (including phenoxy) is 3. The maximum atomic E-state index is 13.9. The second-order valence-corrected chi connectivity index (χ2v) is 7.16. The van der Waals surface area contributed by atoms with E-state index in [2.05, 4.69) is 10.3 Å². The molecule has 0 saturated heterocycles. The van der Waals surface area contributed by atoms with Crippen molar-refractivity contribution in [1.82, 2.24) is 9.55 Å². The lowest BCUT2D eigenvalue weighted by Gasteiger charge is -2.21. The van der Waals surface area contributed by atoms with E-state index in [-0.39, 0.29) is 23.3 Å². The minimum atomic E-state index is -0.521. The van der Waals surface area contributed by atoms with E-state index in [1.54, 1.807) is 16.7 Å². The molecule has 3 aromatic rings. The molecule has 0 saturated carbocycles. The second kappa shape index (κ2) is 8.23. The minimum absolute atomic E-state index is 0.0413. The van der Waals surface area contributed by atoms with Gasteiger partial charge in [0.15, 0.2) is 11.5 Å². The number of anilines is 2. The van der Waals surface area contributed by atoms with Gasteiger partial charge in [-0.2, -0.15) is 4.98 Å². The highest BCUT2D eigenvalue weighted by molar-refractivity contribution is 6.30. The third kappa shape index (κ3) is 4.04. The molecule has 30 heavy (non-hydrogen) atoms. The van der Waals surface area contributed by atoms with Gasteiger partial charge in [0, 0.05) is 11.8 Å². The van der Waals surface area contributed by atoms with Crippen LogP contribution in [0, 0.1) is 12.7 Å². The fourth-order valence-electron chi connectivity index (χ4n) is 3.11. The number of rotatable bonds is 5. The minimum Gasteiger partial charge on any atom is -0.490 e. The molecule has 1 N–H and O–H groups in total. The summed E-state index contributed by atoms with van der Waals surface area (Å²) in [6.07, 6.45) is 1.53. The lowest BCUT2D eigenvalue weighted by atomic mass is 10.1. The largest absolute Gasteiger partial charge is 0.490 e. The molecule has 7 nitrogen and oxygen atoms in total. The first-order valence-electron chi connectivity index (χ1n) is 9.21. The smallest absolute Gasteiger partial charge is 0.316 e. The van der Waals surface area contributed by atoms with Crippen LogP contribution in [0.1, 0.15) is 11.1 Å². The molecule has 156 valence electrons. The van der Waals surface area contributed by atoms with Crippen LogP contribution in [0.3, 0.4) is 0 Å². The Morgan fingerprint density at radius 3 is 2.67 bits per heavy atom. The highest BCUT2D eigenvalue weighted by atomic mass is 35.5. The Balaban J connectivity index is 1.73. The first-order chi connectivity index (χ1) is 14.4. The van der Waals surface area contributed by atoms with Crippen LogP contribution < -0.4 is 25.1 Å². The lowest BCUT2D eigenvalue weighted by molar-refractivity contribution is 0.171. The number of nitrogens with zero attached hydrogens (tertiary/aromatic N) is 2. The topological polar surface area (TPSA) is 74.6 Å². The van der Waals surface area contributed by atoms with Crippen molar-refractivity contribution in [1.29, 1.82) is 0 Å². The van der Waals surface area contributed by atoms with Gasteiger partial charge in [0.25, 0.3) is 0 Å². The third-order valence-corrected chi connectivity index (χ3v) is 4.96. The van der Waals surface area contributed by atoms with Gasteiger partial charge in [-0.05, 0) is 36.2 Å². The summed E-state index contributed by atoms with van der Waals surface area (Å²) in [4.78, 5) is 16.4. The van der Waals surface area contributed by atoms with E-state index < -0.39 is 11.4 Å².